The predicted molar refractivity (Wildman–Crippen MR) is 118 cm³/mol. The van der Waals surface area contributed by atoms with Gasteiger partial charge in [-0.2, -0.15) is 0 Å². The van der Waals surface area contributed by atoms with Gasteiger partial charge in [0.1, 0.15) is 17.3 Å². The Balaban J connectivity index is 1.50. The summed E-state index contributed by atoms with van der Waals surface area (Å²) in [7, 11) is 1.63. The first kappa shape index (κ1) is 20.5. The van der Waals surface area contributed by atoms with Crippen LogP contribution in [0, 0.1) is 5.82 Å². The Morgan fingerprint density at radius 3 is 2.45 bits per heavy atom. The van der Waals surface area contributed by atoms with Gasteiger partial charge >= 0.3 is 0 Å². The molecule has 158 valence electrons. The van der Waals surface area contributed by atoms with Crippen molar-refractivity contribution in [1.82, 2.24) is 10.3 Å². The molecule has 4 rings (SSSR count). The average Bonchev–Trinajstić information content (AvgIpc) is 3.23. The molecule has 31 heavy (non-hydrogen) atoms. The second-order valence-corrected chi connectivity index (χ2v) is 7.16. The third-order valence-electron chi connectivity index (χ3n) is 5.20. The number of aromatic nitrogens is 1. The van der Waals surface area contributed by atoms with E-state index in [1.54, 1.807) is 7.11 Å². The molecular formula is C25H23FN2O3. The minimum Gasteiger partial charge on any atom is -0.497 e. The highest BCUT2D eigenvalue weighted by Crippen LogP contribution is 2.31. The van der Waals surface area contributed by atoms with Crippen LogP contribution in [0.2, 0.25) is 0 Å². The number of carbonyl (C=O) groups excluding carboxylic acids is 1. The summed E-state index contributed by atoms with van der Waals surface area (Å²) in [6.07, 6.45) is 1.99. The van der Waals surface area contributed by atoms with Crippen LogP contribution in [0.3, 0.4) is 0 Å². The van der Waals surface area contributed by atoms with E-state index < -0.39 is 0 Å². The van der Waals surface area contributed by atoms with Crippen LogP contribution in [-0.2, 0) is 4.79 Å². The molecule has 1 amide bonds. The number of H-pyrrole nitrogens is 1. The summed E-state index contributed by atoms with van der Waals surface area (Å²) in [6.45, 7) is 0.259. The van der Waals surface area contributed by atoms with E-state index in [2.05, 4.69) is 16.4 Å². The number of fused-ring (bicyclic) bond motifs is 1. The van der Waals surface area contributed by atoms with Gasteiger partial charge in [-0.1, -0.05) is 30.3 Å². The van der Waals surface area contributed by atoms with Crippen LogP contribution in [0.25, 0.3) is 10.9 Å². The van der Waals surface area contributed by atoms with Crippen LogP contribution >= 0.6 is 0 Å². The third kappa shape index (κ3) is 4.86. The largest absolute Gasteiger partial charge is 0.497 e. The van der Waals surface area contributed by atoms with E-state index in [9.17, 15) is 9.18 Å². The molecule has 4 aromatic rings. The van der Waals surface area contributed by atoms with Crippen molar-refractivity contribution >= 4 is 16.8 Å². The van der Waals surface area contributed by atoms with Crippen molar-refractivity contribution in [1.29, 1.82) is 0 Å². The topological polar surface area (TPSA) is 63.4 Å². The molecule has 0 radical (unpaired) electrons. The van der Waals surface area contributed by atoms with Crippen molar-refractivity contribution in [3.8, 4) is 11.5 Å². The molecule has 5 nitrogen and oxygen atoms in total. The van der Waals surface area contributed by atoms with Gasteiger partial charge in [-0.05, 0) is 53.6 Å². The zero-order valence-corrected chi connectivity index (χ0v) is 17.1. The summed E-state index contributed by atoms with van der Waals surface area (Å²) in [5.41, 5.74) is 3.20. The monoisotopic (exact) mass is 418 g/mol. The third-order valence-corrected chi connectivity index (χ3v) is 5.20. The van der Waals surface area contributed by atoms with Crippen LogP contribution in [0.5, 0.6) is 11.5 Å². The summed E-state index contributed by atoms with van der Waals surface area (Å²) in [4.78, 5) is 15.7. The van der Waals surface area contributed by atoms with Gasteiger partial charge in [0, 0.05) is 29.6 Å². The van der Waals surface area contributed by atoms with E-state index in [0.717, 1.165) is 27.8 Å². The maximum Gasteiger partial charge on any atom is 0.257 e. The molecule has 0 fully saturated rings. The summed E-state index contributed by atoms with van der Waals surface area (Å²) in [6, 6.07) is 21.5. The van der Waals surface area contributed by atoms with Crippen molar-refractivity contribution in [2.24, 2.45) is 0 Å². The van der Waals surface area contributed by atoms with Gasteiger partial charge in [0.05, 0.1) is 7.11 Å². The van der Waals surface area contributed by atoms with Gasteiger partial charge in [0.2, 0.25) is 0 Å². The number of para-hydroxylation sites is 1. The van der Waals surface area contributed by atoms with Crippen LogP contribution in [0.15, 0.2) is 79.0 Å². The fourth-order valence-corrected chi connectivity index (χ4v) is 3.57. The van der Waals surface area contributed by atoms with Gasteiger partial charge < -0.3 is 19.8 Å². The number of hydrogen-bond acceptors (Lipinski definition) is 3. The first-order valence-electron chi connectivity index (χ1n) is 9.99. The number of carbonyl (C=O) groups is 1. The average molecular weight is 418 g/mol. The normalized spacial score (nSPS) is 11.8. The van der Waals surface area contributed by atoms with E-state index in [0.29, 0.717) is 12.3 Å². The second-order valence-electron chi connectivity index (χ2n) is 7.16. The highest BCUT2D eigenvalue weighted by atomic mass is 19.1. The van der Waals surface area contributed by atoms with Crippen LogP contribution in [-0.4, -0.2) is 31.2 Å². The zero-order chi connectivity index (χ0) is 21.6. The maximum absolute atomic E-state index is 13.0. The van der Waals surface area contributed by atoms with E-state index in [-0.39, 0.29) is 24.2 Å². The smallest absolute Gasteiger partial charge is 0.257 e. The number of amides is 1. The van der Waals surface area contributed by atoms with Crippen molar-refractivity contribution in [2.45, 2.75) is 5.92 Å². The molecule has 0 unspecified atom stereocenters. The number of methoxy groups -OCH3 is 1. The maximum atomic E-state index is 13.0. The van der Waals surface area contributed by atoms with E-state index >= 15 is 0 Å². The van der Waals surface area contributed by atoms with Crippen molar-refractivity contribution in [2.75, 3.05) is 20.3 Å². The van der Waals surface area contributed by atoms with E-state index in [1.807, 2.05) is 48.7 Å². The zero-order valence-electron chi connectivity index (χ0n) is 17.1. The Morgan fingerprint density at radius 2 is 1.71 bits per heavy atom. The molecular weight excluding hydrogens is 395 g/mol. The molecule has 0 aliphatic heterocycles. The molecule has 0 spiro atoms. The molecule has 1 atom stereocenters. The minimum absolute atomic E-state index is 0.0585. The predicted octanol–water partition coefficient (Wildman–Crippen LogP) is 4.64. The van der Waals surface area contributed by atoms with Crippen molar-refractivity contribution in [3.63, 3.8) is 0 Å². The number of nitrogens with one attached hydrogen (secondary N) is 2. The van der Waals surface area contributed by atoms with Crippen LogP contribution in [0.4, 0.5) is 4.39 Å². The number of benzene rings is 3. The SMILES string of the molecule is COc1ccc([C@H](CNC(=O)COc2ccc(F)cc2)c2c[nH]c3ccccc23)cc1. The Bertz CT molecular complexity index is 1150. The number of aromatic amines is 1. The summed E-state index contributed by atoms with van der Waals surface area (Å²) in [5, 5.41) is 4.07. The molecule has 0 saturated carbocycles. The van der Waals surface area contributed by atoms with Crippen LogP contribution < -0.4 is 14.8 Å². The molecule has 0 bridgehead atoms. The van der Waals surface area contributed by atoms with Gasteiger partial charge in [0.25, 0.3) is 5.91 Å². The Kier molecular flexibility index (Phi) is 6.17. The standard InChI is InChI=1S/C25H23FN2O3/c1-30-19-10-6-17(7-11-19)22(23-15-27-24-5-3-2-4-21(23)24)14-28-25(29)16-31-20-12-8-18(26)9-13-20/h2-13,15,22,27H,14,16H2,1H3,(H,28,29)/t22-/m0/s1. The number of rotatable bonds is 8. The lowest BCUT2D eigenvalue weighted by molar-refractivity contribution is -0.123. The molecule has 2 N–H and O–H groups in total. The molecule has 1 heterocycles. The molecule has 3 aromatic carbocycles. The molecule has 0 aliphatic carbocycles. The lowest BCUT2D eigenvalue weighted by Gasteiger charge is -2.19. The number of ether oxygens (including phenoxy) is 2. The number of hydrogen-bond donors (Lipinski definition) is 2. The molecule has 1 aromatic heterocycles. The van der Waals surface area contributed by atoms with Crippen molar-refractivity contribution < 1.29 is 18.7 Å². The Labute approximate surface area is 179 Å². The first-order chi connectivity index (χ1) is 15.1. The second kappa shape index (κ2) is 9.34. The first-order valence-corrected chi connectivity index (χ1v) is 9.99. The van der Waals surface area contributed by atoms with E-state index in [4.69, 9.17) is 9.47 Å². The summed E-state index contributed by atoms with van der Waals surface area (Å²) >= 11 is 0. The lowest BCUT2D eigenvalue weighted by atomic mass is 9.91. The minimum atomic E-state index is -0.349. The highest BCUT2D eigenvalue weighted by molar-refractivity contribution is 5.84. The molecule has 0 saturated heterocycles. The molecule has 0 aliphatic rings. The van der Waals surface area contributed by atoms with Gasteiger partial charge in [-0.25, -0.2) is 4.39 Å². The fourth-order valence-electron chi connectivity index (χ4n) is 3.57. The van der Waals surface area contributed by atoms with Gasteiger partial charge in [-0.15, -0.1) is 0 Å². The Hall–Kier alpha value is -3.80. The summed E-state index contributed by atoms with van der Waals surface area (Å²) in [5.74, 6) is 0.565. The van der Waals surface area contributed by atoms with Gasteiger partial charge in [-0.3, -0.25) is 4.79 Å². The lowest BCUT2D eigenvalue weighted by Crippen LogP contribution is -2.32. The highest BCUT2D eigenvalue weighted by Gasteiger charge is 2.19. The quantitative estimate of drug-likeness (QED) is 0.438. The van der Waals surface area contributed by atoms with Gasteiger partial charge in [0.15, 0.2) is 6.61 Å². The number of halogens is 1. The van der Waals surface area contributed by atoms with Crippen LogP contribution in [0.1, 0.15) is 17.0 Å². The van der Waals surface area contributed by atoms with Crippen molar-refractivity contribution in [3.05, 3.63) is 95.9 Å². The fraction of sp³-hybridized carbons (Fsp3) is 0.160. The molecule has 6 heteroatoms. The summed E-state index contributed by atoms with van der Waals surface area (Å²) < 4.78 is 23.7. The van der Waals surface area contributed by atoms with E-state index in [1.165, 1.54) is 24.3 Å². The Morgan fingerprint density at radius 1 is 1.00 bits per heavy atom.